The van der Waals surface area contributed by atoms with Crippen molar-refractivity contribution in [1.29, 1.82) is 0 Å². The molecule has 0 bridgehead atoms. The first-order valence-electron chi connectivity index (χ1n) is 4.91. The Bertz CT molecular complexity index is 194. The van der Waals surface area contributed by atoms with Gasteiger partial charge in [0, 0.05) is 18.3 Å². The van der Waals surface area contributed by atoms with Crippen molar-refractivity contribution >= 4 is 16.9 Å². The molecule has 1 atom stereocenters. The Hall–Kier alpha value is -0.180. The van der Waals surface area contributed by atoms with Crippen LogP contribution in [0, 0.1) is 5.41 Å². The molecule has 76 valence electrons. The van der Waals surface area contributed by atoms with Crippen LogP contribution in [0.1, 0.15) is 34.1 Å². The summed E-state index contributed by atoms with van der Waals surface area (Å²) in [5, 5.41) is 4.49. The first kappa shape index (κ1) is 10.9. The van der Waals surface area contributed by atoms with Crippen molar-refractivity contribution in [3.63, 3.8) is 0 Å². The Balaban J connectivity index is 2.25. The molecule has 0 saturated carbocycles. The average Bonchev–Trinajstić information content (AvgIpc) is 2.33. The molecule has 2 nitrogen and oxygen atoms in total. The third-order valence-electron chi connectivity index (χ3n) is 1.96. The van der Waals surface area contributed by atoms with Gasteiger partial charge in [0.15, 0.2) is 5.17 Å². The van der Waals surface area contributed by atoms with E-state index in [1.807, 2.05) is 11.8 Å². The van der Waals surface area contributed by atoms with Crippen LogP contribution in [0.5, 0.6) is 0 Å². The van der Waals surface area contributed by atoms with E-state index in [1.54, 1.807) is 0 Å². The summed E-state index contributed by atoms with van der Waals surface area (Å²) < 4.78 is 0. The molecule has 1 aliphatic rings. The van der Waals surface area contributed by atoms with Gasteiger partial charge in [0.25, 0.3) is 0 Å². The van der Waals surface area contributed by atoms with Gasteiger partial charge in [-0.25, -0.2) is 0 Å². The molecule has 1 rings (SSSR count). The van der Waals surface area contributed by atoms with Gasteiger partial charge >= 0.3 is 0 Å². The molecule has 1 unspecified atom stereocenters. The van der Waals surface area contributed by atoms with Crippen LogP contribution in [0.25, 0.3) is 0 Å². The predicted octanol–water partition coefficient (Wildman–Crippen LogP) is 2.50. The van der Waals surface area contributed by atoms with Crippen molar-refractivity contribution in [1.82, 2.24) is 5.32 Å². The molecule has 1 heterocycles. The zero-order chi connectivity index (χ0) is 9.90. The Morgan fingerprint density at radius 3 is 2.69 bits per heavy atom. The molecule has 3 heteroatoms. The van der Waals surface area contributed by atoms with Gasteiger partial charge in [-0.2, -0.15) is 0 Å². The van der Waals surface area contributed by atoms with E-state index in [2.05, 4.69) is 38.0 Å². The Morgan fingerprint density at radius 2 is 2.23 bits per heavy atom. The van der Waals surface area contributed by atoms with E-state index in [0.717, 1.165) is 23.9 Å². The number of nitrogens with zero attached hydrogens (tertiary/aromatic N) is 1. The number of hydrogen-bond donors (Lipinski definition) is 1. The molecule has 0 aromatic heterocycles. The second-order valence-corrected chi connectivity index (χ2v) is 5.86. The predicted molar refractivity (Wildman–Crippen MR) is 61.4 cm³/mol. The van der Waals surface area contributed by atoms with Crippen molar-refractivity contribution in [2.45, 2.75) is 40.2 Å². The van der Waals surface area contributed by atoms with Gasteiger partial charge < -0.3 is 5.32 Å². The Kier molecular flexibility index (Phi) is 3.65. The Labute approximate surface area is 85.6 Å². The highest BCUT2D eigenvalue weighted by molar-refractivity contribution is 8.14. The highest BCUT2D eigenvalue weighted by Crippen LogP contribution is 2.19. The third kappa shape index (κ3) is 4.55. The lowest BCUT2D eigenvalue weighted by Crippen LogP contribution is -2.23. The highest BCUT2D eigenvalue weighted by Gasteiger charge is 2.15. The molecule has 0 aromatic carbocycles. The average molecular weight is 200 g/mol. The zero-order valence-electron chi connectivity index (χ0n) is 9.05. The maximum atomic E-state index is 4.53. The van der Waals surface area contributed by atoms with E-state index < -0.39 is 0 Å². The second kappa shape index (κ2) is 4.36. The molecule has 1 aliphatic heterocycles. The van der Waals surface area contributed by atoms with E-state index in [0.29, 0.717) is 11.5 Å². The van der Waals surface area contributed by atoms with Crippen LogP contribution in [0.3, 0.4) is 0 Å². The standard InChI is InChI=1S/C10H20N2S/c1-8-7-13-9(12-8)11-6-5-10(2,3)4/h8H,5-7H2,1-4H3,(H,11,12). The minimum atomic E-state index is 0.402. The summed E-state index contributed by atoms with van der Waals surface area (Å²) in [6, 6.07) is 0.596. The van der Waals surface area contributed by atoms with Crippen LogP contribution < -0.4 is 5.32 Å². The fourth-order valence-corrected chi connectivity index (χ4v) is 2.04. The summed E-state index contributed by atoms with van der Waals surface area (Å²) in [6.07, 6.45) is 1.16. The van der Waals surface area contributed by atoms with E-state index in [-0.39, 0.29) is 0 Å². The number of aliphatic imine (C=N–C) groups is 1. The maximum Gasteiger partial charge on any atom is 0.156 e. The summed E-state index contributed by atoms with van der Waals surface area (Å²) in [4.78, 5) is 4.53. The second-order valence-electron chi connectivity index (χ2n) is 4.85. The van der Waals surface area contributed by atoms with Gasteiger partial charge in [0.2, 0.25) is 0 Å². The fraction of sp³-hybridized carbons (Fsp3) is 0.900. The number of hydrogen-bond acceptors (Lipinski definition) is 2. The van der Waals surface area contributed by atoms with Crippen LogP contribution in [0.15, 0.2) is 4.99 Å². The van der Waals surface area contributed by atoms with Gasteiger partial charge in [-0.1, -0.05) is 32.5 Å². The summed E-state index contributed by atoms with van der Waals surface area (Å²) in [6.45, 7) is 9.91. The van der Waals surface area contributed by atoms with Crippen LogP contribution in [-0.4, -0.2) is 23.5 Å². The Morgan fingerprint density at radius 1 is 1.54 bits per heavy atom. The third-order valence-corrected chi connectivity index (χ3v) is 3.14. The number of nitrogens with one attached hydrogen (secondary N) is 1. The summed E-state index contributed by atoms with van der Waals surface area (Å²) in [5.41, 5.74) is 0.402. The molecular weight excluding hydrogens is 180 g/mol. The van der Waals surface area contributed by atoms with Crippen LogP contribution >= 0.6 is 11.8 Å². The van der Waals surface area contributed by atoms with E-state index in [9.17, 15) is 0 Å². The lowest BCUT2D eigenvalue weighted by Gasteiger charge is -2.15. The van der Waals surface area contributed by atoms with Crippen molar-refractivity contribution in [3.8, 4) is 0 Å². The number of rotatable bonds is 2. The monoisotopic (exact) mass is 200 g/mol. The quantitative estimate of drug-likeness (QED) is 0.740. The molecule has 13 heavy (non-hydrogen) atoms. The lowest BCUT2D eigenvalue weighted by atomic mass is 9.93. The summed E-state index contributed by atoms with van der Waals surface area (Å²) in [5.74, 6) is 1.16. The van der Waals surface area contributed by atoms with E-state index >= 15 is 0 Å². The molecule has 0 radical (unpaired) electrons. The minimum absolute atomic E-state index is 0.402. The molecule has 1 saturated heterocycles. The smallest absolute Gasteiger partial charge is 0.156 e. The van der Waals surface area contributed by atoms with Crippen molar-refractivity contribution in [2.24, 2.45) is 10.4 Å². The minimum Gasteiger partial charge on any atom is -0.362 e. The molecule has 0 amide bonds. The number of amidine groups is 1. The fourth-order valence-electron chi connectivity index (χ4n) is 1.08. The summed E-state index contributed by atoms with van der Waals surface area (Å²) in [7, 11) is 0. The highest BCUT2D eigenvalue weighted by atomic mass is 32.2. The van der Waals surface area contributed by atoms with Gasteiger partial charge in [-0.3, -0.25) is 4.99 Å². The largest absolute Gasteiger partial charge is 0.362 e. The topological polar surface area (TPSA) is 24.4 Å². The maximum absolute atomic E-state index is 4.53. The number of thioether (sulfide) groups is 1. The van der Waals surface area contributed by atoms with Gasteiger partial charge in [0.1, 0.15) is 0 Å². The zero-order valence-corrected chi connectivity index (χ0v) is 9.87. The van der Waals surface area contributed by atoms with Crippen molar-refractivity contribution < 1.29 is 0 Å². The van der Waals surface area contributed by atoms with Crippen LogP contribution in [0.4, 0.5) is 0 Å². The van der Waals surface area contributed by atoms with E-state index in [1.165, 1.54) is 0 Å². The summed E-state index contributed by atoms with van der Waals surface area (Å²) >= 11 is 1.84. The SMILES string of the molecule is CC1CSC(=NCCC(C)(C)C)N1. The van der Waals surface area contributed by atoms with Gasteiger partial charge in [-0.15, -0.1) is 0 Å². The molecule has 0 aliphatic carbocycles. The lowest BCUT2D eigenvalue weighted by molar-refractivity contribution is 0.385. The van der Waals surface area contributed by atoms with Gasteiger partial charge in [0.05, 0.1) is 0 Å². The van der Waals surface area contributed by atoms with E-state index in [4.69, 9.17) is 0 Å². The van der Waals surface area contributed by atoms with Gasteiger partial charge in [-0.05, 0) is 18.8 Å². The molecule has 0 aromatic rings. The molecule has 1 N–H and O–H groups in total. The van der Waals surface area contributed by atoms with Crippen molar-refractivity contribution in [2.75, 3.05) is 12.3 Å². The first-order chi connectivity index (χ1) is 5.97. The molecule has 1 fully saturated rings. The molecule has 0 spiro atoms. The molecular formula is C10H20N2S. The van der Waals surface area contributed by atoms with Crippen LogP contribution in [-0.2, 0) is 0 Å². The normalized spacial score (nSPS) is 26.5. The first-order valence-corrected chi connectivity index (χ1v) is 5.90. The van der Waals surface area contributed by atoms with Crippen molar-refractivity contribution in [3.05, 3.63) is 0 Å². The van der Waals surface area contributed by atoms with Crippen LogP contribution in [0.2, 0.25) is 0 Å².